The van der Waals surface area contributed by atoms with Gasteiger partial charge in [0.05, 0.1) is 21.5 Å². The van der Waals surface area contributed by atoms with Gasteiger partial charge >= 0.3 is 0 Å². The zero-order valence-corrected chi connectivity index (χ0v) is 13.2. The Morgan fingerprint density at radius 2 is 2.10 bits per heavy atom. The summed E-state index contributed by atoms with van der Waals surface area (Å²) in [4.78, 5) is 11.9. The highest BCUT2D eigenvalue weighted by Crippen LogP contribution is 2.24. The predicted octanol–water partition coefficient (Wildman–Crippen LogP) is 2.82. The van der Waals surface area contributed by atoms with Crippen molar-refractivity contribution in [3.63, 3.8) is 0 Å². The van der Waals surface area contributed by atoms with Crippen molar-refractivity contribution in [3.05, 3.63) is 40.1 Å². The molecule has 0 aliphatic heterocycles. The van der Waals surface area contributed by atoms with Crippen LogP contribution in [0.1, 0.15) is 11.4 Å². The molecule has 1 heterocycles. The van der Waals surface area contributed by atoms with Gasteiger partial charge in [-0.05, 0) is 41.9 Å². The topological polar surface area (TPSA) is 56.2 Å². The van der Waals surface area contributed by atoms with E-state index in [0.717, 1.165) is 21.5 Å². The number of nitrogens with zero attached hydrogens (tertiary/aromatic N) is 2. The van der Waals surface area contributed by atoms with Crippen LogP contribution < -0.4 is 10.1 Å². The molecule has 0 saturated heterocycles. The van der Waals surface area contributed by atoms with Gasteiger partial charge in [-0.2, -0.15) is 5.10 Å². The van der Waals surface area contributed by atoms with Crippen molar-refractivity contribution in [2.75, 3.05) is 11.9 Å². The first kappa shape index (κ1) is 14.6. The van der Waals surface area contributed by atoms with E-state index in [-0.39, 0.29) is 12.5 Å². The van der Waals surface area contributed by atoms with Crippen LogP contribution in [0.15, 0.2) is 28.7 Å². The number of nitrogens with one attached hydrogen (secondary N) is 1. The van der Waals surface area contributed by atoms with Crippen molar-refractivity contribution in [2.24, 2.45) is 7.05 Å². The second-order valence-electron chi connectivity index (χ2n) is 4.44. The predicted molar refractivity (Wildman–Crippen MR) is 80.9 cm³/mol. The minimum absolute atomic E-state index is 0.0453. The van der Waals surface area contributed by atoms with E-state index in [0.29, 0.717) is 5.75 Å². The Bertz CT molecular complexity index is 637. The molecule has 5 nitrogen and oxygen atoms in total. The molecule has 0 fully saturated rings. The van der Waals surface area contributed by atoms with Crippen molar-refractivity contribution in [3.8, 4) is 5.75 Å². The smallest absolute Gasteiger partial charge is 0.262 e. The van der Waals surface area contributed by atoms with E-state index in [1.807, 2.05) is 39.1 Å². The van der Waals surface area contributed by atoms with Crippen molar-refractivity contribution in [1.82, 2.24) is 9.78 Å². The van der Waals surface area contributed by atoms with Gasteiger partial charge in [0.25, 0.3) is 5.91 Å². The normalized spacial score (nSPS) is 10.4. The number of para-hydroxylation sites is 1. The number of halogens is 1. The Morgan fingerprint density at radius 3 is 2.70 bits per heavy atom. The standard InChI is InChI=1S/C14H16BrN3O2/c1-9-14(10(2)18(3)17-9)16-13(19)8-20-12-7-5-4-6-11(12)15/h4-7H,8H2,1-3H3,(H,16,19). The number of aryl methyl sites for hydroxylation is 2. The molecule has 1 aromatic carbocycles. The summed E-state index contributed by atoms with van der Waals surface area (Å²) in [5.41, 5.74) is 2.45. The molecule has 0 atom stereocenters. The molecule has 0 bridgehead atoms. The Hall–Kier alpha value is -1.82. The molecule has 0 radical (unpaired) electrons. The lowest BCUT2D eigenvalue weighted by Gasteiger charge is -2.09. The van der Waals surface area contributed by atoms with Gasteiger partial charge < -0.3 is 10.1 Å². The Balaban J connectivity index is 1.98. The van der Waals surface area contributed by atoms with Crippen LogP contribution in [0.4, 0.5) is 5.69 Å². The monoisotopic (exact) mass is 337 g/mol. The van der Waals surface area contributed by atoms with E-state index in [4.69, 9.17) is 4.74 Å². The fourth-order valence-corrected chi connectivity index (χ4v) is 2.23. The van der Waals surface area contributed by atoms with Crippen molar-refractivity contribution >= 4 is 27.5 Å². The van der Waals surface area contributed by atoms with Crippen LogP contribution in [0.5, 0.6) is 5.75 Å². The van der Waals surface area contributed by atoms with Crippen LogP contribution >= 0.6 is 15.9 Å². The van der Waals surface area contributed by atoms with E-state index < -0.39 is 0 Å². The third-order valence-electron chi connectivity index (χ3n) is 2.97. The van der Waals surface area contributed by atoms with Gasteiger partial charge in [-0.15, -0.1) is 0 Å². The Kier molecular flexibility index (Phi) is 4.44. The highest BCUT2D eigenvalue weighted by molar-refractivity contribution is 9.10. The van der Waals surface area contributed by atoms with Crippen LogP contribution in [-0.4, -0.2) is 22.3 Å². The van der Waals surface area contributed by atoms with Gasteiger partial charge in [-0.25, -0.2) is 0 Å². The van der Waals surface area contributed by atoms with E-state index in [1.54, 1.807) is 10.7 Å². The van der Waals surface area contributed by atoms with Crippen LogP contribution in [0, 0.1) is 13.8 Å². The molecular weight excluding hydrogens is 322 g/mol. The number of aromatic nitrogens is 2. The summed E-state index contributed by atoms with van der Waals surface area (Å²) in [6.45, 7) is 3.72. The van der Waals surface area contributed by atoms with E-state index in [1.165, 1.54) is 0 Å². The molecule has 0 saturated carbocycles. The molecule has 1 aromatic heterocycles. The SMILES string of the molecule is Cc1nn(C)c(C)c1NC(=O)COc1ccccc1Br. The Labute approximate surface area is 126 Å². The van der Waals surface area contributed by atoms with Gasteiger partial charge in [0.15, 0.2) is 6.61 Å². The van der Waals surface area contributed by atoms with Crippen molar-refractivity contribution in [2.45, 2.75) is 13.8 Å². The summed E-state index contributed by atoms with van der Waals surface area (Å²) < 4.78 is 8.03. The fraction of sp³-hybridized carbons (Fsp3) is 0.286. The highest BCUT2D eigenvalue weighted by Gasteiger charge is 2.13. The van der Waals surface area contributed by atoms with E-state index in [9.17, 15) is 4.79 Å². The summed E-state index contributed by atoms with van der Waals surface area (Å²) in [7, 11) is 1.84. The van der Waals surface area contributed by atoms with Gasteiger partial charge in [-0.1, -0.05) is 12.1 Å². The molecule has 0 aliphatic carbocycles. The van der Waals surface area contributed by atoms with Gasteiger partial charge in [0, 0.05) is 7.05 Å². The lowest BCUT2D eigenvalue weighted by atomic mass is 10.3. The molecule has 106 valence electrons. The van der Waals surface area contributed by atoms with Crippen LogP contribution in [0.3, 0.4) is 0 Å². The third kappa shape index (κ3) is 3.19. The lowest BCUT2D eigenvalue weighted by Crippen LogP contribution is -2.21. The molecule has 2 aromatic rings. The molecule has 1 N–H and O–H groups in total. The first-order valence-electron chi connectivity index (χ1n) is 6.16. The largest absolute Gasteiger partial charge is 0.483 e. The molecule has 2 rings (SSSR count). The van der Waals surface area contributed by atoms with Crippen LogP contribution in [-0.2, 0) is 11.8 Å². The zero-order valence-electron chi connectivity index (χ0n) is 11.6. The third-order valence-corrected chi connectivity index (χ3v) is 3.62. The summed E-state index contributed by atoms with van der Waals surface area (Å²) in [5, 5.41) is 7.08. The summed E-state index contributed by atoms with van der Waals surface area (Å²) in [6, 6.07) is 7.41. The van der Waals surface area contributed by atoms with Gasteiger partial charge in [0.2, 0.25) is 0 Å². The average Bonchev–Trinajstić information content (AvgIpc) is 2.64. The Morgan fingerprint density at radius 1 is 1.40 bits per heavy atom. The first-order chi connectivity index (χ1) is 9.49. The quantitative estimate of drug-likeness (QED) is 0.933. The molecule has 1 amide bonds. The number of hydrogen-bond donors (Lipinski definition) is 1. The molecule has 6 heteroatoms. The summed E-state index contributed by atoms with van der Waals surface area (Å²) >= 11 is 3.37. The molecular formula is C14H16BrN3O2. The van der Waals surface area contributed by atoms with Crippen molar-refractivity contribution < 1.29 is 9.53 Å². The lowest BCUT2D eigenvalue weighted by molar-refractivity contribution is -0.118. The summed E-state index contributed by atoms with van der Waals surface area (Å²) in [6.07, 6.45) is 0. The second-order valence-corrected chi connectivity index (χ2v) is 5.29. The zero-order chi connectivity index (χ0) is 14.7. The number of benzene rings is 1. The molecule has 0 aliphatic rings. The minimum atomic E-state index is -0.208. The van der Waals surface area contributed by atoms with Crippen LogP contribution in [0.25, 0.3) is 0 Å². The fourth-order valence-electron chi connectivity index (χ4n) is 1.84. The van der Waals surface area contributed by atoms with E-state index >= 15 is 0 Å². The van der Waals surface area contributed by atoms with Gasteiger partial charge in [-0.3, -0.25) is 9.48 Å². The maximum absolute atomic E-state index is 11.9. The summed E-state index contributed by atoms with van der Waals surface area (Å²) in [5.74, 6) is 0.433. The minimum Gasteiger partial charge on any atom is -0.483 e. The first-order valence-corrected chi connectivity index (χ1v) is 6.95. The number of carbonyl (C=O) groups is 1. The second kappa shape index (κ2) is 6.09. The number of ether oxygens (including phenoxy) is 1. The van der Waals surface area contributed by atoms with Gasteiger partial charge in [0.1, 0.15) is 5.75 Å². The van der Waals surface area contributed by atoms with Crippen molar-refractivity contribution in [1.29, 1.82) is 0 Å². The number of carbonyl (C=O) groups excluding carboxylic acids is 1. The van der Waals surface area contributed by atoms with Crippen LogP contribution in [0.2, 0.25) is 0 Å². The number of anilines is 1. The molecule has 20 heavy (non-hydrogen) atoms. The maximum Gasteiger partial charge on any atom is 0.262 e. The number of hydrogen-bond acceptors (Lipinski definition) is 3. The van der Waals surface area contributed by atoms with E-state index in [2.05, 4.69) is 26.3 Å². The average molecular weight is 338 g/mol. The number of rotatable bonds is 4. The highest BCUT2D eigenvalue weighted by atomic mass is 79.9. The number of amides is 1. The maximum atomic E-state index is 11.9. The molecule has 0 unspecified atom stereocenters. The molecule has 0 spiro atoms.